The number of rotatable bonds is 6. The molecule has 2 aliphatic carbocycles. The lowest BCUT2D eigenvalue weighted by Gasteiger charge is -2.66. The highest BCUT2D eigenvalue weighted by Gasteiger charge is 2.82. The number of esters is 2. The van der Waals surface area contributed by atoms with E-state index in [0.29, 0.717) is 24.0 Å². The maximum absolute atomic E-state index is 14.7. The van der Waals surface area contributed by atoms with Crippen LogP contribution in [0.2, 0.25) is 0 Å². The Hall–Kier alpha value is -3.36. The van der Waals surface area contributed by atoms with Gasteiger partial charge in [0.25, 0.3) is 0 Å². The van der Waals surface area contributed by atoms with Crippen LogP contribution in [0.1, 0.15) is 75.1 Å². The second-order valence-corrected chi connectivity index (χ2v) is 12.7. The van der Waals surface area contributed by atoms with E-state index in [0.717, 1.165) is 0 Å². The van der Waals surface area contributed by atoms with Gasteiger partial charge in [-0.2, -0.15) is 0 Å². The van der Waals surface area contributed by atoms with Crippen LogP contribution >= 0.6 is 0 Å². The van der Waals surface area contributed by atoms with Gasteiger partial charge in [-0.05, 0) is 39.5 Å². The zero-order valence-electron chi connectivity index (χ0n) is 24.4. The second-order valence-electron chi connectivity index (χ2n) is 12.7. The number of hydrogen-bond donors (Lipinski definition) is 1. The minimum atomic E-state index is -1.94. The van der Waals surface area contributed by atoms with Crippen molar-refractivity contribution in [2.24, 2.45) is 23.2 Å². The van der Waals surface area contributed by atoms with E-state index in [9.17, 15) is 24.3 Å². The molecule has 0 amide bonds. The number of carbonyl (C=O) groups is 4. The summed E-state index contributed by atoms with van der Waals surface area (Å²) in [5.74, 6) is -4.10. The molecular weight excluding hydrogens is 524 g/mol. The number of aliphatic hydroxyl groups is 1. The first kappa shape index (κ1) is 29.1. The van der Waals surface area contributed by atoms with Crippen molar-refractivity contribution in [3.8, 4) is 0 Å². The molecule has 8 nitrogen and oxygen atoms in total. The number of Topliss-reactive ketones (excluding diaryl/α,β-unsaturated/α-hetero) is 2. The Kier molecular flexibility index (Phi) is 7.02. The molecule has 1 saturated heterocycles. The van der Waals surface area contributed by atoms with Gasteiger partial charge in [0.2, 0.25) is 0 Å². The van der Waals surface area contributed by atoms with Crippen LogP contribution in [0.4, 0.5) is 0 Å². The normalized spacial score (nSPS) is 37.0. The maximum Gasteiger partial charge on any atom is 0.303 e. The molecule has 0 unspecified atom stereocenters. The Bertz CT molecular complexity index is 1370. The Morgan fingerprint density at radius 2 is 1.32 bits per heavy atom. The largest absolute Gasteiger partial charge is 0.458 e. The second kappa shape index (κ2) is 9.88. The molecule has 41 heavy (non-hydrogen) atoms. The van der Waals surface area contributed by atoms with Crippen molar-refractivity contribution < 1.29 is 38.5 Å². The molecule has 8 heteroatoms. The molecular formula is C33H38O8. The van der Waals surface area contributed by atoms with Crippen molar-refractivity contribution in [2.75, 3.05) is 0 Å². The van der Waals surface area contributed by atoms with Gasteiger partial charge in [0.15, 0.2) is 23.8 Å². The molecule has 2 aromatic rings. The van der Waals surface area contributed by atoms with E-state index in [1.807, 2.05) is 19.9 Å². The summed E-state index contributed by atoms with van der Waals surface area (Å²) < 4.78 is 18.5. The van der Waals surface area contributed by atoms with Gasteiger partial charge in [0, 0.05) is 36.3 Å². The summed E-state index contributed by atoms with van der Waals surface area (Å²) in [4.78, 5) is 54.1. The zero-order chi connectivity index (χ0) is 30.0. The minimum absolute atomic E-state index is 0.143. The van der Waals surface area contributed by atoms with Gasteiger partial charge >= 0.3 is 11.9 Å². The predicted octanol–water partition coefficient (Wildman–Crippen LogP) is 4.58. The van der Waals surface area contributed by atoms with Gasteiger partial charge in [0.1, 0.15) is 11.2 Å². The van der Waals surface area contributed by atoms with Crippen LogP contribution in [0.3, 0.4) is 0 Å². The molecule has 0 aromatic heterocycles. The summed E-state index contributed by atoms with van der Waals surface area (Å²) in [6.45, 7) is 9.56. The quantitative estimate of drug-likeness (QED) is 0.402. The van der Waals surface area contributed by atoms with Crippen LogP contribution in [-0.4, -0.2) is 57.6 Å². The highest BCUT2D eigenvalue weighted by Crippen LogP contribution is 2.71. The number of benzene rings is 2. The number of fused-ring (bicyclic) bond motifs is 1. The molecule has 5 rings (SSSR count). The smallest absolute Gasteiger partial charge is 0.303 e. The number of ketones is 2. The molecule has 2 bridgehead atoms. The summed E-state index contributed by atoms with van der Waals surface area (Å²) in [7, 11) is 0. The van der Waals surface area contributed by atoms with Gasteiger partial charge in [-0.25, -0.2) is 0 Å². The lowest BCUT2D eigenvalue weighted by atomic mass is 9.41. The summed E-state index contributed by atoms with van der Waals surface area (Å²) in [5, 5.41) is 12.6. The van der Waals surface area contributed by atoms with Gasteiger partial charge in [0.05, 0.1) is 11.5 Å². The number of ether oxygens (including phenoxy) is 3. The molecule has 2 aromatic carbocycles. The number of carbonyl (C=O) groups excluding carboxylic acids is 4. The monoisotopic (exact) mass is 562 g/mol. The zero-order valence-corrected chi connectivity index (χ0v) is 24.4. The minimum Gasteiger partial charge on any atom is -0.458 e. The van der Waals surface area contributed by atoms with Crippen molar-refractivity contribution in [3.05, 3.63) is 71.8 Å². The Morgan fingerprint density at radius 3 is 1.83 bits per heavy atom. The Labute approximate surface area is 240 Å². The van der Waals surface area contributed by atoms with Gasteiger partial charge < -0.3 is 19.3 Å². The lowest BCUT2D eigenvalue weighted by Crippen LogP contribution is -2.80. The Morgan fingerprint density at radius 1 is 0.805 bits per heavy atom. The van der Waals surface area contributed by atoms with Crippen molar-refractivity contribution in [1.29, 1.82) is 0 Å². The molecule has 1 aliphatic heterocycles. The first-order valence-corrected chi connectivity index (χ1v) is 14.1. The van der Waals surface area contributed by atoms with Crippen molar-refractivity contribution in [3.63, 3.8) is 0 Å². The predicted molar refractivity (Wildman–Crippen MR) is 149 cm³/mol. The molecule has 1 spiro atoms. The van der Waals surface area contributed by atoms with Crippen LogP contribution in [0.25, 0.3) is 0 Å². The van der Waals surface area contributed by atoms with Gasteiger partial charge in [-0.3, -0.25) is 19.2 Å². The Balaban J connectivity index is 1.83. The SMILES string of the molecule is CC(=O)O[C@H]1[C@H](C(=O)c2ccccc2)[C@@]2(C)[C@@H](C(=O)c3ccccc3)C[C@@H]3C[C@]2(OC3(C)C)[C@@](C)(O)[C@H]1OC(C)=O. The van der Waals surface area contributed by atoms with E-state index in [2.05, 4.69) is 0 Å². The van der Waals surface area contributed by atoms with E-state index in [1.54, 1.807) is 61.5 Å². The van der Waals surface area contributed by atoms with Crippen LogP contribution in [0, 0.1) is 23.2 Å². The molecule has 1 heterocycles. The first-order chi connectivity index (χ1) is 19.2. The lowest BCUT2D eigenvalue weighted by molar-refractivity contribution is -0.328. The topological polar surface area (TPSA) is 116 Å². The number of hydrogen-bond acceptors (Lipinski definition) is 8. The van der Waals surface area contributed by atoms with Gasteiger partial charge in [-0.15, -0.1) is 0 Å². The molecule has 218 valence electrons. The molecule has 1 N–H and O–H groups in total. The van der Waals surface area contributed by atoms with E-state index in [4.69, 9.17) is 14.2 Å². The van der Waals surface area contributed by atoms with E-state index in [-0.39, 0.29) is 17.5 Å². The van der Waals surface area contributed by atoms with Crippen LogP contribution < -0.4 is 0 Å². The average molecular weight is 563 g/mol. The fraction of sp³-hybridized carbons (Fsp3) is 0.515. The first-order valence-electron chi connectivity index (χ1n) is 14.1. The van der Waals surface area contributed by atoms with Crippen LogP contribution in [0.15, 0.2) is 60.7 Å². The molecule has 3 fully saturated rings. The highest BCUT2D eigenvalue weighted by molar-refractivity contribution is 6.02. The molecule has 0 radical (unpaired) electrons. The third-order valence-corrected chi connectivity index (χ3v) is 10.0. The maximum atomic E-state index is 14.7. The fourth-order valence-electron chi connectivity index (χ4n) is 8.13. The molecule has 8 atom stereocenters. The fourth-order valence-corrected chi connectivity index (χ4v) is 8.13. The standard InChI is InChI=1S/C33H38O8/c1-19(34)39-28-25(27(37)22-15-11-8-12-16-22)31(5)24(26(36)21-13-9-7-10-14-21)17-23-18-33(31,41-30(23,3)4)32(6,38)29(28)40-20(2)35/h7-16,23-25,28-29,38H,17-18H2,1-6H3/t23-,24-,25+,28+,29+,31-,32+,33-/m1/s1. The average Bonchev–Trinajstić information content (AvgIpc) is 3.17. The van der Waals surface area contributed by atoms with E-state index >= 15 is 0 Å². The summed E-state index contributed by atoms with van der Waals surface area (Å²) >= 11 is 0. The van der Waals surface area contributed by atoms with Crippen LogP contribution in [0.5, 0.6) is 0 Å². The van der Waals surface area contributed by atoms with Crippen molar-refractivity contribution >= 4 is 23.5 Å². The highest BCUT2D eigenvalue weighted by atomic mass is 16.6. The van der Waals surface area contributed by atoms with E-state index < -0.39 is 58.2 Å². The molecule has 2 saturated carbocycles. The molecule has 3 aliphatic rings. The summed E-state index contributed by atoms with van der Waals surface area (Å²) in [6, 6.07) is 17.4. The van der Waals surface area contributed by atoms with E-state index in [1.165, 1.54) is 20.8 Å². The van der Waals surface area contributed by atoms with Crippen molar-refractivity contribution in [1.82, 2.24) is 0 Å². The third kappa shape index (κ3) is 4.26. The third-order valence-electron chi connectivity index (χ3n) is 10.0. The summed E-state index contributed by atoms with van der Waals surface area (Å²) in [5.41, 5.74) is -4.77. The summed E-state index contributed by atoms with van der Waals surface area (Å²) in [6.07, 6.45) is -2.09. The van der Waals surface area contributed by atoms with Crippen LogP contribution in [-0.2, 0) is 23.8 Å². The van der Waals surface area contributed by atoms with Crippen molar-refractivity contribution in [2.45, 2.75) is 83.4 Å². The van der Waals surface area contributed by atoms with Gasteiger partial charge in [-0.1, -0.05) is 67.6 Å².